The second-order valence-electron chi connectivity index (χ2n) is 8.49. The van der Waals surface area contributed by atoms with Gasteiger partial charge in [-0.1, -0.05) is 63.3 Å². The van der Waals surface area contributed by atoms with Crippen molar-refractivity contribution >= 4 is 29.2 Å². The zero-order chi connectivity index (χ0) is 21.1. The number of nitrogens with zero attached hydrogens (tertiary/aromatic N) is 2. The van der Waals surface area contributed by atoms with E-state index in [1.165, 1.54) is 38.6 Å². The maximum absolute atomic E-state index is 2.38. The monoisotopic (exact) mass is 405 g/mol. The molecule has 3 heteroatoms. The number of hydrogen-bond acceptors (Lipinski definition) is 2. The number of rotatable bonds is 6. The van der Waals surface area contributed by atoms with Gasteiger partial charge in [-0.3, -0.25) is 0 Å². The highest BCUT2D eigenvalue weighted by molar-refractivity contribution is 7.10. The van der Waals surface area contributed by atoms with Crippen molar-refractivity contribution in [2.75, 3.05) is 19.0 Å². The lowest BCUT2D eigenvalue weighted by molar-refractivity contribution is -0.657. The predicted molar refractivity (Wildman–Crippen MR) is 129 cm³/mol. The molecule has 3 rings (SSSR count). The van der Waals surface area contributed by atoms with Gasteiger partial charge in [0.25, 0.3) is 5.01 Å². The lowest BCUT2D eigenvalue weighted by Gasteiger charge is -2.14. The first-order valence-electron chi connectivity index (χ1n) is 10.3. The molecule has 1 aromatic heterocycles. The van der Waals surface area contributed by atoms with E-state index in [0.29, 0.717) is 11.8 Å². The molecule has 1 heterocycles. The molecule has 0 saturated carbocycles. The first-order chi connectivity index (χ1) is 13.8. The molecule has 3 aromatic rings. The van der Waals surface area contributed by atoms with Crippen molar-refractivity contribution in [1.29, 1.82) is 0 Å². The second-order valence-corrected chi connectivity index (χ2v) is 9.38. The first kappa shape index (κ1) is 21.3. The number of aromatic nitrogens is 1. The molecule has 0 amide bonds. The van der Waals surface area contributed by atoms with Crippen LogP contribution in [0.3, 0.4) is 0 Å². The van der Waals surface area contributed by atoms with E-state index < -0.39 is 0 Å². The maximum atomic E-state index is 2.38. The fourth-order valence-electron chi connectivity index (χ4n) is 3.50. The molecule has 0 aliphatic carbocycles. The summed E-state index contributed by atoms with van der Waals surface area (Å²) in [6, 6.07) is 15.6. The predicted octanol–water partition coefficient (Wildman–Crippen LogP) is 6.72. The van der Waals surface area contributed by atoms with Crippen LogP contribution < -0.4 is 9.47 Å². The summed E-state index contributed by atoms with van der Waals surface area (Å²) >= 11 is 1.80. The van der Waals surface area contributed by atoms with E-state index in [0.717, 1.165) is 0 Å². The van der Waals surface area contributed by atoms with Crippen LogP contribution in [0, 0.1) is 0 Å². The lowest BCUT2D eigenvalue weighted by Crippen LogP contribution is -2.31. The molecule has 0 radical (unpaired) electrons. The molecule has 0 atom stereocenters. The second kappa shape index (κ2) is 8.96. The Morgan fingerprint density at radius 2 is 1.59 bits per heavy atom. The third-order valence-electron chi connectivity index (χ3n) is 5.45. The van der Waals surface area contributed by atoms with Crippen LogP contribution >= 0.6 is 11.3 Å². The van der Waals surface area contributed by atoms with Crippen LogP contribution in [0.5, 0.6) is 0 Å². The van der Waals surface area contributed by atoms with Crippen molar-refractivity contribution in [1.82, 2.24) is 0 Å². The van der Waals surface area contributed by atoms with E-state index in [4.69, 9.17) is 0 Å². The molecule has 0 saturated heterocycles. The Bertz CT molecular complexity index is 992. The van der Waals surface area contributed by atoms with Crippen molar-refractivity contribution < 1.29 is 4.57 Å². The van der Waals surface area contributed by atoms with Crippen molar-refractivity contribution in [3.05, 3.63) is 69.5 Å². The number of benzene rings is 2. The van der Waals surface area contributed by atoms with E-state index >= 15 is 0 Å². The number of thiazole rings is 1. The van der Waals surface area contributed by atoms with E-state index in [2.05, 4.69) is 118 Å². The van der Waals surface area contributed by atoms with Crippen molar-refractivity contribution in [3.63, 3.8) is 0 Å². The lowest BCUT2D eigenvalue weighted by atomic mass is 9.91. The van der Waals surface area contributed by atoms with Gasteiger partial charge in [0.2, 0.25) is 5.69 Å². The summed E-state index contributed by atoms with van der Waals surface area (Å²) in [6.45, 7) is 9.08. The van der Waals surface area contributed by atoms with Gasteiger partial charge in [-0.25, -0.2) is 0 Å². The SMILES string of the molecule is CC(C)c1ccc(C(C)C)c(-c2csc(/C=C/c3ccc(N(C)C)cc3)[n+]2C)c1. The van der Waals surface area contributed by atoms with E-state index in [1.54, 1.807) is 11.3 Å². The van der Waals surface area contributed by atoms with Gasteiger partial charge in [0.15, 0.2) is 0 Å². The molecule has 2 aromatic carbocycles. The van der Waals surface area contributed by atoms with Crippen LogP contribution in [0.15, 0.2) is 47.8 Å². The highest BCUT2D eigenvalue weighted by Gasteiger charge is 2.21. The summed E-state index contributed by atoms with van der Waals surface area (Å²) in [4.78, 5) is 2.12. The fourth-order valence-corrected chi connectivity index (χ4v) is 4.42. The van der Waals surface area contributed by atoms with Gasteiger partial charge in [-0.15, -0.1) is 0 Å². The zero-order valence-electron chi connectivity index (χ0n) is 18.7. The average molecular weight is 406 g/mol. The summed E-state index contributed by atoms with van der Waals surface area (Å²) in [5, 5.41) is 3.54. The van der Waals surface area contributed by atoms with Crippen LogP contribution in [0.1, 0.15) is 61.2 Å². The smallest absolute Gasteiger partial charge is 0.261 e. The molecule has 0 aliphatic rings. The van der Waals surface area contributed by atoms with Crippen molar-refractivity contribution in [2.24, 2.45) is 7.05 Å². The molecular weight excluding hydrogens is 372 g/mol. The highest BCUT2D eigenvalue weighted by Crippen LogP contribution is 2.32. The van der Waals surface area contributed by atoms with Crippen molar-refractivity contribution in [2.45, 2.75) is 39.5 Å². The van der Waals surface area contributed by atoms with Gasteiger partial charge >= 0.3 is 0 Å². The van der Waals surface area contributed by atoms with Crippen LogP contribution in [0.25, 0.3) is 23.4 Å². The van der Waals surface area contributed by atoms with Gasteiger partial charge in [0.1, 0.15) is 7.05 Å². The average Bonchev–Trinajstić information content (AvgIpc) is 3.06. The molecule has 2 nitrogen and oxygen atoms in total. The van der Waals surface area contributed by atoms with Gasteiger partial charge in [0.05, 0.1) is 10.9 Å². The Kier molecular flexibility index (Phi) is 6.59. The topological polar surface area (TPSA) is 7.12 Å². The van der Waals surface area contributed by atoms with Crippen LogP contribution in [-0.4, -0.2) is 14.1 Å². The summed E-state index contributed by atoms with van der Waals surface area (Å²) in [5.41, 5.74) is 7.91. The molecule has 152 valence electrons. The fraction of sp³-hybridized carbons (Fsp3) is 0.346. The molecule has 0 spiro atoms. The standard InChI is InChI=1S/C26H33N2S/c1-18(2)21-11-14-23(19(3)4)24(16-21)25-17-29-26(28(25)7)15-10-20-8-12-22(13-9-20)27(5)6/h8-19H,1-7H3/q+1. The van der Waals surface area contributed by atoms with Crippen LogP contribution in [0.2, 0.25) is 0 Å². The molecule has 0 fully saturated rings. The molecule has 0 bridgehead atoms. The van der Waals surface area contributed by atoms with Crippen LogP contribution in [0.4, 0.5) is 5.69 Å². The highest BCUT2D eigenvalue weighted by atomic mass is 32.1. The molecule has 0 unspecified atom stereocenters. The normalized spacial score (nSPS) is 11.8. The largest absolute Gasteiger partial charge is 0.378 e. The van der Waals surface area contributed by atoms with Crippen LogP contribution in [-0.2, 0) is 7.05 Å². The molecule has 0 aliphatic heterocycles. The quantitative estimate of drug-likeness (QED) is 0.413. The minimum atomic E-state index is 0.500. The third-order valence-corrected chi connectivity index (χ3v) is 6.45. The molecular formula is C26H33N2S+. The Morgan fingerprint density at radius 1 is 0.897 bits per heavy atom. The summed E-state index contributed by atoms with van der Waals surface area (Å²) in [6.07, 6.45) is 4.42. The summed E-state index contributed by atoms with van der Waals surface area (Å²) in [7, 11) is 6.31. The Labute approximate surface area is 180 Å². The minimum Gasteiger partial charge on any atom is -0.378 e. The molecule has 29 heavy (non-hydrogen) atoms. The Balaban J connectivity index is 1.94. The molecule has 0 N–H and O–H groups in total. The van der Waals surface area contributed by atoms with Gasteiger partial charge in [-0.05, 0) is 52.8 Å². The van der Waals surface area contributed by atoms with E-state index in [1.807, 2.05) is 0 Å². The third kappa shape index (κ3) is 4.79. The van der Waals surface area contributed by atoms with Gasteiger partial charge in [0, 0.05) is 25.9 Å². The maximum Gasteiger partial charge on any atom is 0.261 e. The van der Waals surface area contributed by atoms with E-state index in [9.17, 15) is 0 Å². The van der Waals surface area contributed by atoms with E-state index in [-0.39, 0.29) is 0 Å². The minimum absolute atomic E-state index is 0.500. The summed E-state index contributed by atoms with van der Waals surface area (Å²) in [5.74, 6) is 1.03. The van der Waals surface area contributed by atoms with Gasteiger partial charge < -0.3 is 4.90 Å². The zero-order valence-corrected chi connectivity index (χ0v) is 19.5. The first-order valence-corrected chi connectivity index (χ1v) is 11.2. The van der Waals surface area contributed by atoms with Crippen molar-refractivity contribution in [3.8, 4) is 11.3 Å². The number of anilines is 1. The number of hydrogen-bond donors (Lipinski definition) is 0. The Hall–Kier alpha value is -2.39. The Morgan fingerprint density at radius 3 is 2.17 bits per heavy atom. The summed E-state index contributed by atoms with van der Waals surface area (Å²) < 4.78 is 2.32. The van der Waals surface area contributed by atoms with Gasteiger partial charge in [-0.2, -0.15) is 4.57 Å².